The van der Waals surface area contributed by atoms with Gasteiger partial charge in [0.05, 0.1) is 81.1 Å². The van der Waals surface area contributed by atoms with Crippen molar-refractivity contribution in [2.24, 2.45) is 0 Å². The highest BCUT2D eigenvalue weighted by molar-refractivity contribution is 9.11. The number of benzene rings is 13. The van der Waals surface area contributed by atoms with Crippen molar-refractivity contribution >= 4 is 252 Å². The molecule has 13 aromatic carbocycles. The smallest absolute Gasteiger partial charge is 0.423 e. The summed E-state index contributed by atoms with van der Waals surface area (Å²) in [5, 5.41) is 51.6. The Bertz CT molecular complexity index is 7520. The molecule has 0 unspecified atom stereocenters. The monoisotopic (exact) mass is 2130 g/mol. The molecule has 0 aliphatic carbocycles. The van der Waals surface area contributed by atoms with Gasteiger partial charge in [0.1, 0.15) is 0 Å². The molecule has 21 rings (SSSR count). The molecule has 1 saturated heterocycles. The summed E-state index contributed by atoms with van der Waals surface area (Å²) in [4.78, 5) is 53.2. The zero-order valence-corrected chi connectivity index (χ0v) is 79.8. The number of fused-ring (bicyclic) bond motifs is 13. The van der Waals surface area contributed by atoms with Crippen molar-refractivity contribution in [1.29, 1.82) is 0 Å². The van der Waals surface area contributed by atoms with Crippen LogP contribution in [0.25, 0.3) is 143 Å². The molecule has 18 nitrogen and oxygen atoms in total. The van der Waals surface area contributed by atoms with Gasteiger partial charge in [0.2, 0.25) is 0 Å². The van der Waals surface area contributed by atoms with Crippen molar-refractivity contribution in [3.05, 3.63) is 398 Å². The van der Waals surface area contributed by atoms with Crippen molar-refractivity contribution in [2.75, 3.05) is 5.73 Å². The molecule has 8 heterocycles. The van der Waals surface area contributed by atoms with E-state index in [0.29, 0.717) is 30.0 Å². The molecular formula is C101H73B2Br7N10O8. The van der Waals surface area contributed by atoms with Gasteiger partial charge in [-0.1, -0.05) is 296 Å². The zero-order chi connectivity index (χ0) is 89.9. The summed E-state index contributed by atoms with van der Waals surface area (Å²) in [6.45, 7) is 8.30. The molecule has 1 aliphatic rings. The maximum Gasteiger partial charge on any atom is 0.494 e. The predicted octanol–water partition coefficient (Wildman–Crippen LogP) is 27.3. The van der Waals surface area contributed by atoms with Gasteiger partial charge >= 0.3 is 14.2 Å². The van der Waals surface area contributed by atoms with Crippen molar-refractivity contribution < 1.29 is 29.2 Å². The molecule has 128 heavy (non-hydrogen) atoms. The van der Waals surface area contributed by atoms with Crippen molar-refractivity contribution in [3.8, 4) is 44.8 Å². The Labute approximate surface area is 795 Å². The summed E-state index contributed by atoms with van der Waals surface area (Å²) in [7, 11) is -1.89. The molecule has 20 aromatic rings. The molecule has 0 amide bonds. The van der Waals surface area contributed by atoms with E-state index in [1.54, 1.807) is 55.0 Å². The van der Waals surface area contributed by atoms with Crippen LogP contribution in [-0.4, -0.2) is 80.2 Å². The van der Waals surface area contributed by atoms with Gasteiger partial charge in [0, 0.05) is 163 Å². The van der Waals surface area contributed by atoms with Gasteiger partial charge in [0.15, 0.2) is 0 Å². The minimum absolute atomic E-state index is 0.0672. The van der Waals surface area contributed by atoms with E-state index in [2.05, 4.69) is 274 Å². The van der Waals surface area contributed by atoms with Gasteiger partial charge < -0.3 is 25.1 Å². The normalized spacial score (nSPS) is 12.3. The Hall–Kier alpha value is -11.8. The SMILES string of the molecule is Brc1ccc2c(c1)nc(-c1ccccc1)c1ccc3cccnc3c12.Brc1cccc(Br)c1.CC1(C)OB(c2ccc3c(c2)nc(-c2ccccc2)c2ccc4cccnc4c23)OC1(C)C.Nc1cc(Br)ccc1-c1cccc2cccnc12.O=[N+]([O-])c1cc(Br)ccc1-c1cccc2cccnc12.O=[N+]([O-])c1cc(Br)ccc1Br.OB(O)c1cccc2cccnc12. The number of para-hydroxylation sites is 3. The van der Waals surface area contributed by atoms with Crippen LogP contribution in [-0.2, 0) is 9.31 Å². The average molecular weight is 2140 g/mol. The number of nitrogen functional groups attached to an aromatic ring is 1. The number of hydrogen-bond acceptors (Lipinski definition) is 16. The number of hydrogen-bond donors (Lipinski definition) is 3. The summed E-state index contributed by atoms with van der Waals surface area (Å²) < 4.78 is 18.7. The fraction of sp³-hybridized carbons (Fsp3) is 0.0594. The fourth-order valence-electron chi connectivity index (χ4n) is 14.7. The maximum atomic E-state index is 11.2. The van der Waals surface area contributed by atoms with E-state index >= 15 is 0 Å². The Kier molecular flexibility index (Phi) is 28.9. The molecule has 27 heteroatoms. The lowest BCUT2D eigenvalue weighted by molar-refractivity contribution is -0.385. The number of halogens is 7. The third-order valence-electron chi connectivity index (χ3n) is 21.5. The van der Waals surface area contributed by atoms with E-state index < -0.39 is 30.4 Å². The van der Waals surface area contributed by atoms with Gasteiger partial charge in [-0.2, -0.15) is 0 Å². The van der Waals surface area contributed by atoms with Crippen LogP contribution < -0.4 is 16.7 Å². The average Bonchev–Trinajstić information content (AvgIpc) is 1.14. The van der Waals surface area contributed by atoms with E-state index in [1.165, 1.54) is 12.1 Å². The summed E-state index contributed by atoms with van der Waals surface area (Å²) >= 11 is 23.1. The van der Waals surface area contributed by atoms with Gasteiger partial charge in [-0.15, -0.1) is 0 Å². The second-order valence-electron chi connectivity index (χ2n) is 30.3. The third kappa shape index (κ3) is 20.8. The molecule has 7 aromatic heterocycles. The van der Waals surface area contributed by atoms with Gasteiger partial charge in [0.25, 0.3) is 11.4 Å². The topological polar surface area (TPSA) is 261 Å². The second kappa shape index (κ2) is 40.7. The first-order valence-corrected chi connectivity index (χ1v) is 45.5. The summed E-state index contributed by atoms with van der Waals surface area (Å²) in [5.41, 5.74) is 21.5. The van der Waals surface area contributed by atoms with Crippen LogP contribution in [0.5, 0.6) is 0 Å². The highest BCUT2D eigenvalue weighted by atomic mass is 79.9. The molecule has 0 atom stereocenters. The number of nitro benzene ring substituents is 2. The van der Waals surface area contributed by atoms with E-state index in [-0.39, 0.29) is 16.3 Å². The highest BCUT2D eigenvalue weighted by Gasteiger charge is 2.52. The van der Waals surface area contributed by atoms with E-state index in [4.69, 9.17) is 40.0 Å². The van der Waals surface area contributed by atoms with Crippen LogP contribution in [0.1, 0.15) is 27.7 Å². The van der Waals surface area contributed by atoms with Crippen LogP contribution in [0.2, 0.25) is 0 Å². The van der Waals surface area contributed by atoms with Crippen LogP contribution in [0.3, 0.4) is 0 Å². The third-order valence-corrected chi connectivity index (χ3v) is 25.1. The summed E-state index contributed by atoms with van der Waals surface area (Å²) in [6.07, 6.45) is 8.84. The first-order valence-electron chi connectivity index (χ1n) is 40.0. The fourth-order valence-corrected chi connectivity index (χ4v) is 17.7. The lowest BCUT2D eigenvalue weighted by atomic mass is 9.78. The number of nitrogens with two attached hydrogens (primary N) is 1. The lowest BCUT2D eigenvalue weighted by Crippen LogP contribution is -2.41. The quantitative estimate of drug-likeness (QED) is 0.0420. The summed E-state index contributed by atoms with van der Waals surface area (Å²) in [6, 6.07) is 102. The van der Waals surface area contributed by atoms with Crippen molar-refractivity contribution in [2.45, 2.75) is 38.9 Å². The molecule has 4 N–H and O–H groups in total. The minimum Gasteiger partial charge on any atom is -0.423 e. The molecule has 630 valence electrons. The Morgan fingerprint density at radius 3 is 1.20 bits per heavy atom. The number of nitro groups is 2. The van der Waals surface area contributed by atoms with Crippen molar-refractivity contribution in [1.82, 2.24) is 34.9 Å². The largest absolute Gasteiger partial charge is 0.494 e. The van der Waals surface area contributed by atoms with E-state index in [0.717, 1.165) is 161 Å². The minimum atomic E-state index is -1.46. The first kappa shape index (κ1) is 90.9. The first-order chi connectivity index (χ1) is 61.8. The van der Waals surface area contributed by atoms with E-state index in [1.807, 2.05) is 164 Å². The maximum absolute atomic E-state index is 11.2. The van der Waals surface area contributed by atoms with Crippen molar-refractivity contribution in [3.63, 3.8) is 0 Å². The summed E-state index contributed by atoms with van der Waals surface area (Å²) in [5.74, 6) is 0. The van der Waals surface area contributed by atoms with Gasteiger partial charge in [-0.05, 0) is 158 Å². The molecular weight excluding hydrogens is 2060 g/mol. The molecule has 0 radical (unpaired) electrons. The Morgan fingerprint density at radius 2 is 0.727 bits per heavy atom. The molecule has 0 spiro atoms. The van der Waals surface area contributed by atoms with Crippen LogP contribution in [0.15, 0.2) is 378 Å². The van der Waals surface area contributed by atoms with Crippen LogP contribution >= 0.6 is 112 Å². The lowest BCUT2D eigenvalue weighted by Gasteiger charge is -2.32. The van der Waals surface area contributed by atoms with E-state index in [9.17, 15) is 20.2 Å². The molecule has 1 aliphatic heterocycles. The Balaban J connectivity index is 0.000000120. The number of anilines is 1. The van der Waals surface area contributed by atoms with Crippen LogP contribution in [0.4, 0.5) is 17.1 Å². The highest BCUT2D eigenvalue weighted by Crippen LogP contribution is 2.43. The Morgan fingerprint density at radius 1 is 0.352 bits per heavy atom. The molecule has 1 fully saturated rings. The second-order valence-corrected chi connectivity index (χ2v) is 36.7. The van der Waals surface area contributed by atoms with Gasteiger partial charge in [-0.3, -0.25) is 45.1 Å². The standard InChI is InChI=1S/C28H25BN2O2.C22H13BrN2.C15H9BrN2O2.C15H11BrN2.C9H8BNO2.C6H3Br2NO2.C6H4Br2/c1-27(2)28(3,4)33-29(32-27)20-13-15-21-23(17-20)31-25(18-9-6-5-7-10-18)22-14-12-19-11-8-16-30-26(19)24(21)22;23-16-9-11-17-19(13-16)25-21(14-5-2-1-3-6-14)18-10-8-15-7-4-12-24-22(15)20(17)18;16-11-6-7-12(14(9-11)18(19)20)13-5-1-3-10-4-2-8-17-15(10)13;16-11-6-7-12(14(17)9-11)13-5-1-3-10-4-2-8-18-15(10)13;12-10(13)8-5-1-3-7-4-2-6-11-9(7)8;7-4-1-2-5(8)6(3-4)9(10)11;7-5-2-1-3-6(8)4-5/h5-17H,1-4H3;1-13H;1-9H;1-9H,17H2;1-6,12-13H;1-3H;1-4H. The number of rotatable bonds is 8. The predicted molar refractivity (Wildman–Crippen MR) is 546 cm³/mol. The number of nitrogens with zero attached hydrogens (tertiary/aromatic N) is 9. The zero-order valence-electron chi connectivity index (χ0n) is 68.7. The molecule has 0 saturated carbocycles. The van der Waals surface area contributed by atoms with Gasteiger partial charge in [-0.25, -0.2) is 9.97 Å². The number of aromatic nitrogens is 7. The number of pyridine rings is 7. The molecule has 0 bridgehead atoms. The van der Waals surface area contributed by atoms with Crippen LogP contribution in [0, 0.1) is 20.2 Å².